The van der Waals surface area contributed by atoms with Crippen LogP contribution in [0.5, 0.6) is 11.5 Å². The predicted molar refractivity (Wildman–Crippen MR) is 113 cm³/mol. The second-order valence-corrected chi connectivity index (χ2v) is 7.10. The Labute approximate surface area is 187 Å². The van der Waals surface area contributed by atoms with E-state index in [9.17, 15) is 14.4 Å². The van der Waals surface area contributed by atoms with E-state index >= 15 is 0 Å². The van der Waals surface area contributed by atoms with E-state index in [1.165, 1.54) is 14.2 Å². The summed E-state index contributed by atoms with van der Waals surface area (Å²) >= 11 is 0. The van der Waals surface area contributed by atoms with Crippen molar-refractivity contribution in [3.63, 3.8) is 0 Å². The molecule has 12 nitrogen and oxygen atoms in total. The lowest BCUT2D eigenvalue weighted by atomic mass is 10.0. The summed E-state index contributed by atoms with van der Waals surface area (Å²) in [5.74, 6) is -0.593. The number of nitrogens with one attached hydrogen (secondary N) is 1. The Morgan fingerprint density at radius 2 is 2.03 bits per heavy atom. The van der Waals surface area contributed by atoms with Crippen molar-refractivity contribution in [2.45, 2.75) is 19.1 Å². The van der Waals surface area contributed by atoms with Crippen molar-refractivity contribution in [3.05, 3.63) is 47.5 Å². The van der Waals surface area contributed by atoms with Gasteiger partial charge in [-0.3, -0.25) is 9.59 Å². The van der Waals surface area contributed by atoms with Crippen LogP contribution in [0.15, 0.2) is 36.4 Å². The van der Waals surface area contributed by atoms with Gasteiger partial charge in [-0.15, -0.1) is 10.2 Å². The summed E-state index contributed by atoms with van der Waals surface area (Å²) in [6, 6.07) is 10.1. The Morgan fingerprint density at radius 3 is 2.76 bits per heavy atom. The maximum Gasteiger partial charge on any atom is 0.343 e. The molecule has 0 aliphatic carbocycles. The highest BCUT2D eigenvalue weighted by Crippen LogP contribution is 2.43. The standard InChI is InChI=1S/C21H20N6O6/c1-31-14-7-6-13-15(33-21(30)18(13)19(14)32-2)9-17(29)23-12-5-3-4-11(8-12)20-24-26-27(25-20)10-16(22)28/h3-8,15H,9-10H2,1-2H3,(H2,22,28)(H,23,29). The maximum atomic E-state index is 12.7. The van der Waals surface area contributed by atoms with E-state index in [1.807, 2.05) is 0 Å². The van der Waals surface area contributed by atoms with Gasteiger partial charge in [0.1, 0.15) is 18.2 Å². The SMILES string of the molecule is COc1ccc2c(c1OC)C(=O)OC2CC(=O)Nc1cccc(-c2nnn(CC(N)=O)n2)c1. The number of methoxy groups -OCH3 is 2. The topological polar surface area (TPSA) is 161 Å². The van der Waals surface area contributed by atoms with Crippen molar-refractivity contribution in [1.82, 2.24) is 20.2 Å². The molecule has 0 fully saturated rings. The molecule has 3 N–H and O–H groups in total. The third-order valence-electron chi connectivity index (χ3n) is 4.90. The molecule has 1 aromatic heterocycles. The zero-order valence-corrected chi connectivity index (χ0v) is 17.8. The van der Waals surface area contributed by atoms with Crippen molar-refractivity contribution >= 4 is 23.5 Å². The summed E-state index contributed by atoms with van der Waals surface area (Å²) in [5, 5.41) is 14.5. The van der Waals surface area contributed by atoms with Crippen LogP contribution < -0.4 is 20.5 Å². The van der Waals surface area contributed by atoms with Gasteiger partial charge >= 0.3 is 5.97 Å². The number of cyclic esters (lactones) is 1. The molecule has 12 heteroatoms. The van der Waals surface area contributed by atoms with Crippen molar-refractivity contribution in [1.29, 1.82) is 0 Å². The summed E-state index contributed by atoms with van der Waals surface area (Å²) in [7, 11) is 2.90. The van der Waals surface area contributed by atoms with Crippen LogP contribution in [0.1, 0.15) is 28.4 Å². The van der Waals surface area contributed by atoms with Crippen molar-refractivity contribution in [3.8, 4) is 22.9 Å². The number of ether oxygens (including phenoxy) is 3. The van der Waals surface area contributed by atoms with E-state index in [0.29, 0.717) is 22.6 Å². The molecule has 2 amide bonds. The minimum atomic E-state index is -0.758. The number of carbonyl (C=O) groups is 3. The third-order valence-corrected chi connectivity index (χ3v) is 4.90. The highest BCUT2D eigenvalue weighted by molar-refractivity contribution is 5.99. The van der Waals surface area contributed by atoms with E-state index < -0.39 is 18.0 Å². The first kappa shape index (κ1) is 21.7. The minimum absolute atomic E-state index is 0.0918. The van der Waals surface area contributed by atoms with Crippen LogP contribution in [0.2, 0.25) is 0 Å². The van der Waals surface area contributed by atoms with E-state index in [1.54, 1.807) is 36.4 Å². The molecule has 1 aliphatic rings. The molecule has 2 aromatic carbocycles. The lowest BCUT2D eigenvalue weighted by molar-refractivity contribution is -0.119. The molecule has 33 heavy (non-hydrogen) atoms. The molecule has 0 saturated heterocycles. The Morgan fingerprint density at radius 1 is 1.21 bits per heavy atom. The number of amides is 2. The number of nitrogens with two attached hydrogens (primary N) is 1. The first-order valence-electron chi connectivity index (χ1n) is 9.82. The molecule has 1 aliphatic heterocycles. The summed E-state index contributed by atoms with van der Waals surface area (Å²) in [6.45, 7) is -0.193. The van der Waals surface area contributed by atoms with Gasteiger partial charge in [0.25, 0.3) is 0 Å². The molecule has 2 heterocycles. The van der Waals surface area contributed by atoms with E-state index in [4.69, 9.17) is 19.9 Å². The first-order chi connectivity index (χ1) is 15.9. The average molecular weight is 452 g/mol. The Bertz CT molecular complexity index is 1240. The fourth-order valence-electron chi connectivity index (χ4n) is 3.51. The highest BCUT2D eigenvalue weighted by atomic mass is 16.6. The van der Waals surface area contributed by atoms with Crippen LogP contribution in [-0.4, -0.2) is 52.2 Å². The van der Waals surface area contributed by atoms with Crippen LogP contribution in [0.25, 0.3) is 11.4 Å². The van der Waals surface area contributed by atoms with Gasteiger partial charge in [-0.2, -0.15) is 4.80 Å². The Hall–Kier alpha value is -4.48. The van der Waals surface area contributed by atoms with Gasteiger partial charge < -0.3 is 25.3 Å². The van der Waals surface area contributed by atoms with E-state index in [-0.39, 0.29) is 36.0 Å². The Kier molecular flexibility index (Phi) is 5.89. The molecule has 0 spiro atoms. The molecule has 1 unspecified atom stereocenters. The number of hydrogen-bond donors (Lipinski definition) is 2. The second kappa shape index (κ2) is 8.94. The lowest BCUT2D eigenvalue weighted by Crippen LogP contribution is -2.20. The van der Waals surface area contributed by atoms with Gasteiger partial charge in [0.15, 0.2) is 11.5 Å². The largest absolute Gasteiger partial charge is 0.493 e. The summed E-state index contributed by atoms with van der Waals surface area (Å²) < 4.78 is 15.9. The number of esters is 1. The highest BCUT2D eigenvalue weighted by Gasteiger charge is 2.36. The van der Waals surface area contributed by atoms with Gasteiger partial charge in [-0.1, -0.05) is 18.2 Å². The summed E-state index contributed by atoms with van der Waals surface area (Å²) in [5.41, 5.74) is 7.00. The third kappa shape index (κ3) is 4.44. The second-order valence-electron chi connectivity index (χ2n) is 7.10. The normalized spacial score (nSPS) is 14.4. The van der Waals surface area contributed by atoms with Crippen LogP contribution in [0, 0.1) is 0 Å². The predicted octanol–water partition coefficient (Wildman–Crippen LogP) is 1.08. The van der Waals surface area contributed by atoms with Crippen LogP contribution in [0.4, 0.5) is 5.69 Å². The number of carbonyl (C=O) groups excluding carboxylic acids is 3. The zero-order valence-electron chi connectivity index (χ0n) is 17.8. The van der Waals surface area contributed by atoms with Crippen molar-refractivity contribution in [2.24, 2.45) is 5.73 Å². The Balaban J connectivity index is 1.48. The molecule has 4 rings (SSSR count). The minimum Gasteiger partial charge on any atom is -0.493 e. The maximum absolute atomic E-state index is 12.7. The van der Waals surface area contributed by atoms with Crippen molar-refractivity contribution < 1.29 is 28.6 Å². The van der Waals surface area contributed by atoms with Crippen LogP contribution >= 0.6 is 0 Å². The van der Waals surface area contributed by atoms with Gasteiger partial charge in [0.05, 0.1) is 20.6 Å². The number of fused-ring (bicyclic) bond motifs is 1. The number of anilines is 1. The lowest BCUT2D eigenvalue weighted by Gasteiger charge is -2.13. The van der Waals surface area contributed by atoms with Crippen LogP contribution in [-0.2, 0) is 20.9 Å². The molecule has 0 saturated carbocycles. The number of primary amides is 1. The van der Waals surface area contributed by atoms with Gasteiger partial charge in [-0.05, 0) is 23.4 Å². The number of hydrogen-bond acceptors (Lipinski definition) is 9. The van der Waals surface area contributed by atoms with Gasteiger partial charge in [-0.25, -0.2) is 4.79 Å². The number of benzene rings is 2. The summed E-state index contributed by atoms with van der Waals surface area (Å²) in [6.07, 6.45) is -0.850. The first-order valence-corrected chi connectivity index (χ1v) is 9.82. The molecular formula is C21H20N6O6. The van der Waals surface area contributed by atoms with Gasteiger partial charge in [0.2, 0.25) is 17.6 Å². The fraction of sp³-hybridized carbons (Fsp3) is 0.238. The van der Waals surface area contributed by atoms with E-state index in [2.05, 4.69) is 20.7 Å². The monoisotopic (exact) mass is 452 g/mol. The molecular weight excluding hydrogens is 432 g/mol. The zero-order chi connectivity index (χ0) is 23.5. The fourth-order valence-corrected chi connectivity index (χ4v) is 3.51. The van der Waals surface area contributed by atoms with Crippen LogP contribution in [0.3, 0.4) is 0 Å². The number of aromatic nitrogens is 4. The number of nitrogens with zero attached hydrogens (tertiary/aromatic N) is 4. The molecule has 0 radical (unpaired) electrons. The average Bonchev–Trinajstić information content (AvgIpc) is 3.37. The molecule has 1 atom stereocenters. The molecule has 0 bridgehead atoms. The quantitative estimate of drug-likeness (QED) is 0.477. The molecule has 3 aromatic rings. The summed E-state index contributed by atoms with van der Waals surface area (Å²) in [4.78, 5) is 37.2. The van der Waals surface area contributed by atoms with Crippen molar-refractivity contribution in [2.75, 3.05) is 19.5 Å². The number of tetrazole rings is 1. The smallest absolute Gasteiger partial charge is 0.343 e. The van der Waals surface area contributed by atoms with Gasteiger partial charge in [0, 0.05) is 16.8 Å². The number of rotatable bonds is 8. The van der Waals surface area contributed by atoms with E-state index in [0.717, 1.165) is 4.80 Å². The molecule has 170 valence electrons.